The summed E-state index contributed by atoms with van der Waals surface area (Å²) in [6.07, 6.45) is 5.53. The first-order valence-corrected chi connectivity index (χ1v) is 3.89. The number of hydrogen-bond acceptors (Lipinski definition) is 2. The van der Waals surface area contributed by atoms with Gasteiger partial charge >= 0.3 is 5.97 Å². The third kappa shape index (κ3) is 3.94. The summed E-state index contributed by atoms with van der Waals surface area (Å²) >= 11 is 0. The molecule has 0 N–H and O–H groups in total. The van der Waals surface area contributed by atoms with Crippen molar-refractivity contribution in [3.05, 3.63) is 18.7 Å². The third-order valence-electron chi connectivity index (χ3n) is 1.44. The minimum absolute atomic E-state index is 0. The zero-order valence-corrected chi connectivity index (χ0v) is 8.49. The molecule has 0 saturated heterocycles. The Bertz CT molecular complexity index is 273. The summed E-state index contributed by atoms with van der Waals surface area (Å²) in [6.45, 7) is 2.52. The Balaban J connectivity index is 0.00000144. The fourth-order valence-electron chi connectivity index (χ4n) is 0.951. The van der Waals surface area contributed by atoms with E-state index in [2.05, 4.69) is 0 Å². The van der Waals surface area contributed by atoms with Crippen molar-refractivity contribution >= 4 is 5.97 Å². The van der Waals surface area contributed by atoms with Crippen LogP contribution < -0.4 is 17.0 Å². The number of hydrogen-bond donors (Lipinski definition) is 0. The average molecular weight is 205 g/mol. The molecule has 1 rings (SSSR count). The van der Waals surface area contributed by atoms with Crippen LogP contribution in [-0.2, 0) is 23.1 Å². The molecule has 1 heterocycles. The Morgan fingerprint density at radius 2 is 2.31 bits per heavy atom. The molecule has 0 aromatic carbocycles. The van der Waals surface area contributed by atoms with Crippen LogP contribution in [-0.4, -0.2) is 17.1 Å². The zero-order chi connectivity index (χ0) is 8.97. The normalized spacial score (nSPS) is 9.08. The Labute approximate surface area is 83.5 Å². The fraction of sp³-hybridized carbons (Fsp3) is 0.500. The Hall–Kier alpha value is -1.03. The zero-order valence-electron chi connectivity index (χ0n) is 7.74. The molecule has 0 aliphatic carbocycles. The molecule has 0 saturated carbocycles. The van der Waals surface area contributed by atoms with E-state index in [1.165, 1.54) is 0 Å². The first kappa shape index (κ1) is 12.0. The molecular weight excluding hydrogens is 192 g/mol. The minimum Gasteiger partial charge on any atom is -1.00 e. The summed E-state index contributed by atoms with van der Waals surface area (Å²) in [5.74, 6) is -0.200. The van der Waals surface area contributed by atoms with Crippen LogP contribution >= 0.6 is 0 Å². The number of aromatic nitrogens is 2. The summed E-state index contributed by atoms with van der Waals surface area (Å²) < 4.78 is 8.44. The maximum Gasteiger partial charge on any atom is 0.348 e. The van der Waals surface area contributed by atoms with Gasteiger partial charge in [0, 0.05) is 0 Å². The van der Waals surface area contributed by atoms with Crippen molar-refractivity contribution in [2.24, 2.45) is 7.05 Å². The van der Waals surface area contributed by atoms with Gasteiger partial charge < -0.3 is 17.1 Å². The van der Waals surface area contributed by atoms with Gasteiger partial charge in [0.05, 0.1) is 13.7 Å². The van der Waals surface area contributed by atoms with Gasteiger partial charge in [0.25, 0.3) is 0 Å². The van der Waals surface area contributed by atoms with Crippen LogP contribution in [0.4, 0.5) is 0 Å². The van der Waals surface area contributed by atoms with Crippen LogP contribution in [0.1, 0.15) is 6.92 Å². The molecule has 13 heavy (non-hydrogen) atoms. The molecule has 1 aromatic rings. The molecular formula is C8H13ClN2O2. The number of halogens is 1. The molecule has 1 aromatic heterocycles. The molecule has 74 valence electrons. The maximum atomic E-state index is 11.0. The number of carbonyl (C=O) groups excluding carboxylic acids is 1. The minimum atomic E-state index is -0.200. The van der Waals surface area contributed by atoms with Crippen LogP contribution in [0.3, 0.4) is 0 Å². The van der Waals surface area contributed by atoms with Gasteiger partial charge in [-0.15, -0.1) is 0 Å². The lowest BCUT2D eigenvalue weighted by Gasteiger charge is -1.97. The smallest absolute Gasteiger partial charge is 0.348 e. The van der Waals surface area contributed by atoms with E-state index in [0.717, 1.165) is 0 Å². The topological polar surface area (TPSA) is 35.1 Å². The summed E-state index contributed by atoms with van der Waals surface area (Å²) in [6, 6.07) is 0. The Morgan fingerprint density at radius 3 is 2.77 bits per heavy atom. The average Bonchev–Trinajstić information content (AvgIpc) is 2.36. The van der Waals surface area contributed by atoms with Gasteiger partial charge in [0.1, 0.15) is 12.4 Å². The Kier molecular flexibility index (Phi) is 5.14. The van der Waals surface area contributed by atoms with Crippen LogP contribution in [0.2, 0.25) is 0 Å². The number of carbonyl (C=O) groups is 1. The van der Waals surface area contributed by atoms with Crippen molar-refractivity contribution in [1.82, 2.24) is 4.57 Å². The lowest BCUT2D eigenvalue weighted by Crippen LogP contribution is -3.00. The van der Waals surface area contributed by atoms with Gasteiger partial charge in [-0.1, -0.05) is 0 Å². The number of aryl methyl sites for hydroxylation is 1. The van der Waals surface area contributed by atoms with E-state index in [0.29, 0.717) is 6.61 Å². The molecule has 0 radical (unpaired) electrons. The lowest BCUT2D eigenvalue weighted by atomic mass is 10.6. The molecule has 0 fully saturated rings. The lowest BCUT2D eigenvalue weighted by molar-refractivity contribution is -0.671. The van der Waals surface area contributed by atoms with E-state index in [1.54, 1.807) is 11.5 Å². The number of esters is 1. The Morgan fingerprint density at radius 1 is 1.62 bits per heavy atom. The van der Waals surface area contributed by atoms with Crippen LogP contribution in [0.15, 0.2) is 18.7 Å². The van der Waals surface area contributed by atoms with Crippen molar-refractivity contribution in [2.75, 3.05) is 6.61 Å². The second kappa shape index (κ2) is 5.59. The van der Waals surface area contributed by atoms with E-state index in [1.807, 2.05) is 30.3 Å². The number of nitrogens with zero attached hydrogens (tertiary/aromatic N) is 2. The molecule has 0 bridgehead atoms. The van der Waals surface area contributed by atoms with Crippen LogP contribution in [0.25, 0.3) is 0 Å². The summed E-state index contributed by atoms with van der Waals surface area (Å²) in [5.41, 5.74) is 0. The largest absolute Gasteiger partial charge is 1.00 e. The van der Waals surface area contributed by atoms with E-state index in [-0.39, 0.29) is 24.9 Å². The van der Waals surface area contributed by atoms with Crippen LogP contribution in [0, 0.1) is 0 Å². The van der Waals surface area contributed by atoms with Crippen molar-refractivity contribution in [2.45, 2.75) is 13.5 Å². The highest BCUT2D eigenvalue weighted by Crippen LogP contribution is 1.86. The highest BCUT2D eigenvalue weighted by Gasteiger charge is 2.07. The first-order chi connectivity index (χ1) is 5.72. The number of rotatable bonds is 3. The molecule has 0 spiro atoms. The van der Waals surface area contributed by atoms with E-state index in [9.17, 15) is 4.79 Å². The molecule has 0 aliphatic heterocycles. The first-order valence-electron chi connectivity index (χ1n) is 3.89. The van der Waals surface area contributed by atoms with Gasteiger partial charge in [-0.25, -0.2) is 13.9 Å². The highest BCUT2D eigenvalue weighted by atomic mass is 35.5. The van der Waals surface area contributed by atoms with E-state index < -0.39 is 0 Å². The van der Waals surface area contributed by atoms with Crippen molar-refractivity contribution in [3.8, 4) is 0 Å². The summed E-state index contributed by atoms with van der Waals surface area (Å²) in [5, 5.41) is 0. The molecule has 4 nitrogen and oxygen atoms in total. The number of imidazole rings is 1. The monoisotopic (exact) mass is 204 g/mol. The van der Waals surface area contributed by atoms with Gasteiger partial charge in [0.15, 0.2) is 6.54 Å². The molecule has 0 unspecified atom stereocenters. The molecule has 5 heteroatoms. The quantitative estimate of drug-likeness (QED) is 0.386. The highest BCUT2D eigenvalue weighted by molar-refractivity contribution is 5.69. The van der Waals surface area contributed by atoms with Crippen molar-refractivity contribution in [1.29, 1.82) is 0 Å². The second-order valence-corrected chi connectivity index (χ2v) is 2.56. The SMILES string of the molecule is CCOC(=O)Cn1cc[n+](C)c1.[Cl-]. The van der Waals surface area contributed by atoms with Gasteiger partial charge in [0.2, 0.25) is 6.33 Å². The van der Waals surface area contributed by atoms with E-state index >= 15 is 0 Å². The van der Waals surface area contributed by atoms with Gasteiger partial charge in [-0.05, 0) is 6.92 Å². The predicted molar refractivity (Wildman–Crippen MR) is 42.2 cm³/mol. The molecule has 0 atom stereocenters. The maximum absolute atomic E-state index is 11.0. The summed E-state index contributed by atoms with van der Waals surface area (Å²) in [4.78, 5) is 11.0. The predicted octanol–water partition coefficient (Wildman–Crippen LogP) is -3.12. The second-order valence-electron chi connectivity index (χ2n) is 2.56. The third-order valence-corrected chi connectivity index (χ3v) is 1.44. The van der Waals surface area contributed by atoms with Gasteiger partial charge in [-0.2, -0.15) is 0 Å². The fourth-order valence-corrected chi connectivity index (χ4v) is 0.951. The molecule has 0 amide bonds. The molecule has 0 aliphatic rings. The van der Waals surface area contributed by atoms with Crippen LogP contribution in [0.5, 0.6) is 0 Å². The van der Waals surface area contributed by atoms with Gasteiger partial charge in [-0.3, -0.25) is 0 Å². The van der Waals surface area contributed by atoms with E-state index in [4.69, 9.17) is 4.74 Å². The summed E-state index contributed by atoms with van der Waals surface area (Å²) in [7, 11) is 1.90. The standard InChI is InChI=1S/C8H13N2O2.ClH/c1-3-12-8(11)6-10-5-4-9(2)7-10;/h4-5,7H,3,6H2,1-2H3;1H/q+1;/p-1. The number of ether oxygens (including phenoxy) is 1. The van der Waals surface area contributed by atoms with Crippen molar-refractivity contribution in [3.63, 3.8) is 0 Å². The van der Waals surface area contributed by atoms with Crippen molar-refractivity contribution < 1.29 is 26.5 Å².